The van der Waals surface area contributed by atoms with Crippen LogP contribution in [0.15, 0.2) is 18.3 Å². The molecule has 2 aromatic rings. The van der Waals surface area contributed by atoms with Crippen LogP contribution >= 0.6 is 0 Å². The number of rotatable bonds is 2. The molecule has 9 heteroatoms. The first-order valence-corrected chi connectivity index (χ1v) is 7.90. The Morgan fingerprint density at radius 2 is 2.00 bits per heavy atom. The molecule has 1 aliphatic heterocycles. The first-order chi connectivity index (χ1) is 12.1. The molecule has 0 aliphatic carbocycles. The molecule has 1 aliphatic rings. The molecule has 1 atom stereocenters. The average Bonchev–Trinajstić information content (AvgIpc) is 2.59. The molecule has 0 saturated heterocycles. The van der Waals surface area contributed by atoms with Gasteiger partial charge in [-0.15, -0.1) is 10.2 Å². The van der Waals surface area contributed by atoms with Gasteiger partial charge in [0.1, 0.15) is 6.07 Å². The molecule has 6 nitrogen and oxygen atoms in total. The highest BCUT2D eigenvalue weighted by molar-refractivity contribution is 5.49. The number of hydrogen-bond donors (Lipinski definition) is 1. The molecule has 0 bridgehead atoms. The number of aliphatic hydroxyl groups is 1. The third-order valence-corrected chi connectivity index (χ3v) is 4.53. The minimum absolute atomic E-state index is 0.203. The zero-order chi connectivity index (χ0) is 19.1. The van der Waals surface area contributed by atoms with Crippen LogP contribution in [0.1, 0.15) is 35.0 Å². The van der Waals surface area contributed by atoms with Crippen LogP contribution in [0.5, 0.6) is 0 Å². The molecule has 0 fully saturated rings. The number of hydrogen-bond acceptors (Lipinski definition) is 6. The number of nitriles is 1. The number of aromatic nitrogens is 3. The molecule has 0 spiro atoms. The topological polar surface area (TPSA) is 85.9 Å². The van der Waals surface area contributed by atoms with E-state index in [1.165, 1.54) is 6.07 Å². The van der Waals surface area contributed by atoms with E-state index in [-0.39, 0.29) is 11.3 Å². The van der Waals surface area contributed by atoms with E-state index in [4.69, 9.17) is 5.26 Å². The molecule has 0 aromatic carbocycles. The summed E-state index contributed by atoms with van der Waals surface area (Å²) in [5, 5.41) is 26.6. The number of anilines is 1. The van der Waals surface area contributed by atoms with Gasteiger partial charge in [-0.3, -0.25) is 4.98 Å². The normalized spacial score (nSPS) is 16.6. The van der Waals surface area contributed by atoms with Crippen molar-refractivity contribution in [3.63, 3.8) is 0 Å². The number of alkyl halides is 3. The van der Waals surface area contributed by atoms with E-state index in [9.17, 15) is 18.3 Å². The summed E-state index contributed by atoms with van der Waals surface area (Å²) in [6.45, 7) is 3.39. The number of halogens is 3. The summed E-state index contributed by atoms with van der Waals surface area (Å²) in [6.07, 6.45) is -3.19. The van der Waals surface area contributed by atoms with Gasteiger partial charge >= 0.3 is 6.18 Å². The highest BCUT2D eigenvalue weighted by Gasteiger charge is 2.51. The minimum atomic E-state index is -4.80. The molecule has 3 rings (SSSR count). The lowest BCUT2D eigenvalue weighted by atomic mass is 9.93. The summed E-state index contributed by atoms with van der Waals surface area (Å²) in [6, 6.07) is 4.87. The van der Waals surface area contributed by atoms with Crippen molar-refractivity contribution in [3.8, 4) is 6.07 Å². The summed E-state index contributed by atoms with van der Waals surface area (Å²) in [5.74, 6) is 0.572. The fourth-order valence-electron chi connectivity index (χ4n) is 2.88. The Bertz CT molecular complexity index is 889. The van der Waals surface area contributed by atoms with Gasteiger partial charge in [-0.25, -0.2) is 0 Å². The molecule has 1 unspecified atom stereocenters. The lowest BCUT2D eigenvalue weighted by molar-refractivity contribution is -0.259. The van der Waals surface area contributed by atoms with Crippen molar-refractivity contribution in [2.45, 2.75) is 38.6 Å². The molecular weight excluding hydrogens is 347 g/mol. The first kappa shape index (κ1) is 18.1. The van der Waals surface area contributed by atoms with E-state index >= 15 is 0 Å². The van der Waals surface area contributed by atoms with Crippen LogP contribution < -0.4 is 4.90 Å². The summed E-state index contributed by atoms with van der Waals surface area (Å²) in [7, 11) is 0. The molecule has 2 aromatic heterocycles. The molecular formula is C17H16F3N5O. The lowest BCUT2D eigenvalue weighted by Crippen LogP contribution is -2.40. The van der Waals surface area contributed by atoms with Gasteiger partial charge in [0.2, 0.25) is 0 Å². The van der Waals surface area contributed by atoms with Crippen molar-refractivity contribution in [3.05, 3.63) is 46.4 Å². The van der Waals surface area contributed by atoms with Crippen molar-refractivity contribution in [2.75, 3.05) is 11.4 Å². The van der Waals surface area contributed by atoms with Crippen LogP contribution in [0.3, 0.4) is 0 Å². The van der Waals surface area contributed by atoms with Gasteiger partial charge in [0.15, 0.2) is 17.1 Å². The van der Waals surface area contributed by atoms with Gasteiger partial charge in [-0.05, 0) is 37.1 Å². The minimum Gasteiger partial charge on any atom is -0.376 e. The van der Waals surface area contributed by atoms with Gasteiger partial charge in [-0.2, -0.15) is 18.4 Å². The van der Waals surface area contributed by atoms with E-state index in [1.54, 1.807) is 13.0 Å². The third kappa shape index (κ3) is 3.08. The van der Waals surface area contributed by atoms with Gasteiger partial charge < -0.3 is 10.0 Å². The molecule has 0 radical (unpaired) electrons. The average molecular weight is 363 g/mol. The predicted octanol–water partition coefficient (Wildman–Crippen LogP) is 2.38. The van der Waals surface area contributed by atoms with Crippen molar-refractivity contribution >= 4 is 5.82 Å². The molecule has 3 heterocycles. The fourth-order valence-corrected chi connectivity index (χ4v) is 2.88. The molecule has 136 valence electrons. The molecule has 1 N–H and O–H groups in total. The zero-order valence-electron chi connectivity index (χ0n) is 14.2. The summed E-state index contributed by atoms with van der Waals surface area (Å²) >= 11 is 0. The summed E-state index contributed by atoms with van der Waals surface area (Å²) in [4.78, 5) is 5.99. The van der Waals surface area contributed by atoms with Crippen LogP contribution in [0, 0.1) is 18.3 Å². The van der Waals surface area contributed by atoms with E-state index in [1.807, 2.05) is 11.0 Å². The van der Waals surface area contributed by atoms with Gasteiger partial charge in [0.25, 0.3) is 0 Å². The summed E-state index contributed by atoms with van der Waals surface area (Å²) in [5.41, 5.74) is -1.01. The van der Waals surface area contributed by atoms with Gasteiger partial charge in [0, 0.05) is 37.0 Å². The monoisotopic (exact) mass is 363 g/mol. The smallest absolute Gasteiger partial charge is 0.376 e. The van der Waals surface area contributed by atoms with E-state index < -0.39 is 11.8 Å². The largest absolute Gasteiger partial charge is 0.421 e. The third-order valence-electron chi connectivity index (χ3n) is 4.53. The second-order valence-electron chi connectivity index (χ2n) is 6.42. The van der Waals surface area contributed by atoms with Crippen LogP contribution in [-0.2, 0) is 18.6 Å². The maximum atomic E-state index is 13.1. The maximum absolute atomic E-state index is 13.1. The molecule has 26 heavy (non-hydrogen) atoms. The predicted molar refractivity (Wildman–Crippen MR) is 86.1 cm³/mol. The van der Waals surface area contributed by atoms with Gasteiger partial charge in [-0.1, -0.05) is 0 Å². The van der Waals surface area contributed by atoms with Crippen LogP contribution in [0.25, 0.3) is 0 Å². The number of fused-ring (bicyclic) bond motifs is 1. The quantitative estimate of drug-likeness (QED) is 0.882. The number of pyridine rings is 1. The lowest BCUT2D eigenvalue weighted by Gasteiger charge is -2.32. The van der Waals surface area contributed by atoms with Crippen molar-refractivity contribution in [1.82, 2.24) is 15.2 Å². The Kier molecular flexibility index (Phi) is 4.32. The standard InChI is InChI=1S/C17H16F3N5O/c1-10-5-13(7-21)23-24-15(10)25-4-3-14-11(9-25)6-12(8-22-14)16(2,26)17(18,19)20/h5-6,8,26H,3-4,9H2,1-2H3. The van der Waals surface area contributed by atoms with E-state index in [0.717, 1.165) is 11.8 Å². The van der Waals surface area contributed by atoms with Crippen molar-refractivity contribution < 1.29 is 18.3 Å². The van der Waals surface area contributed by atoms with Crippen LogP contribution in [0.2, 0.25) is 0 Å². The van der Waals surface area contributed by atoms with E-state index in [0.29, 0.717) is 43.5 Å². The fraction of sp³-hybridized carbons (Fsp3) is 0.412. The highest BCUT2D eigenvalue weighted by Crippen LogP contribution is 2.39. The Balaban J connectivity index is 1.93. The molecule has 0 amide bonds. The van der Waals surface area contributed by atoms with Crippen molar-refractivity contribution in [2.24, 2.45) is 0 Å². The summed E-state index contributed by atoms with van der Waals surface area (Å²) < 4.78 is 39.3. The first-order valence-electron chi connectivity index (χ1n) is 7.90. The number of aryl methyl sites for hydroxylation is 1. The number of nitrogens with zero attached hydrogens (tertiary/aromatic N) is 5. The Morgan fingerprint density at radius 1 is 1.27 bits per heavy atom. The Labute approximate surface area is 147 Å². The van der Waals surface area contributed by atoms with Gasteiger partial charge in [0.05, 0.1) is 0 Å². The van der Waals surface area contributed by atoms with Crippen molar-refractivity contribution in [1.29, 1.82) is 5.26 Å². The van der Waals surface area contributed by atoms with Crippen LogP contribution in [-0.4, -0.2) is 33.0 Å². The maximum Gasteiger partial charge on any atom is 0.421 e. The highest BCUT2D eigenvalue weighted by atomic mass is 19.4. The van der Waals surface area contributed by atoms with E-state index in [2.05, 4.69) is 15.2 Å². The Hall–Kier alpha value is -2.73. The SMILES string of the molecule is Cc1cc(C#N)nnc1N1CCc2ncc(C(C)(O)C(F)(F)F)cc2C1. The Morgan fingerprint density at radius 3 is 2.62 bits per heavy atom. The van der Waals surface area contributed by atoms with Crippen LogP contribution in [0.4, 0.5) is 19.0 Å². The molecule has 0 saturated carbocycles. The zero-order valence-corrected chi connectivity index (χ0v) is 14.2. The second-order valence-corrected chi connectivity index (χ2v) is 6.42. The second kappa shape index (κ2) is 6.21.